The Bertz CT molecular complexity index is 401. The van der Waals surface area contributed by atoms with E-state index in [0.29, 0.717) is 18.1 Å². The molecule has 2 aliphatic rings. The first-order valence-electron chi connectivity index (χ1n) is 7.26. The zero-order valence-corrected chi connectivity index (χ0v) is 11.5. The van der Waals surface area contributed by atoms with Crippen LogP contribution in [-0.2, 0) is 6.42 Å². The lowest BCUT2D eigenvalue weighted by Crippen LogP contribution is -2.46. The zero-order chi connectivity index (χ0) is 12.5. The minimum absolute atomic E-state index is 0.521. The molecule has 100 valence electrons. The van der Waals surface area contributed by atoms with Crippen molar-refractivity contribution in [1.82, 2.24) is 10.2 Å². The molecule has 1 saturated heterocycles. The molecule has 1 aliphatic carbocycles. The van der Waals surface area contributed by atoms with Gasteiger partial charge in [0.2, 0.25) is 0 Å². The van der Waals surface area contributed by atoms with E-state index in [9.17, 15) is 0 Å². The normalized spacial score (nSPS) is 33.3. The highest BCUT2D eigenvalue weighted by molar-refractivity contribution is 5.24. The predicted molar refractivity (Wildman–Crippen MR) is 72.6 cm³/mol. The van der Waals surface area contributed by atoms with E-state index in [1.807, 2.05) is 6.26 Å². The van der Waals surface area contributed by atoms with Crippen molar-refractivity contribution in [2.75, 3.05) is 13.6 Å². The Balaban J connectivity index is 1.64. The van der Waals surface area contributed by atoms with E-state index in [1.165, 1.54) is 43.6 Å². The molecule has 1 N–H and O–H groups in total. The summed E-state index contributed by atoms with van der Waals surface area (Å²) in [5, 5.41) is 3.86. The van der Waals surface area contributed by atoms with Crippen LogP contribution in [0.4, 0.5) is 0 Å². The third-order valence-electron chi connectivity index (χ3n) is 4.70. The number of fused-ring (bicyclic) bond motifs is 1. The summed E-state index contributed by atoms with van der Waals surface area (Å²) < 4.78 is 5.57. The summed E-state index contributed by atoms with van der Waals surface area (Å²) in [5.41, 5.74) is 1.41. The number of hydrogen-bond acceptors (Lipinski definition) is 3. The van der Waals surface area contributed by atoms with Gasteiger partial charge in [0.15, 0.2) is 0 Å². The summed E-state index contributed by atoms with van der Waals surface area (Å²) in [7, 11) is 2.23. The van der Waals surface area contributed by atoms with Gasteiger partial charge in [-0.3, -0.25) is 0 Å². The number of nitrogens with zero attached hydrogens (tertiary/aromatic N) is 1. The van der Waals surface area contributed by atoms with Gasteiger partial charge in [-0.25, -0.2) is 0 Å². The molecule has 0 amide bonds. The van der Waals surface area contributed by atoms with E-state index in [1.54, 1.807) is 0 Å². The molecule has 2 heterocycles. The number of furan rings is 1. The van der Waals surface area contributed by atoms with E-state index >= 15 is 0 Å². The molecule has 3 nitrogen and oxygen atoms in total. The van der Waals surface area contributed by atoms with E-state index in [-0.39, 0.29) is 0 Å². The Kier molecular flexibility index (Phi) is 3.44. The Morgan fingerprint density at radius 1 is 1.39 bits per heavy atom. The second-order valence-corrected chi connectivity index (χ2v) is 5.96. The average molecular weight is 248 g/mol. The smallest absolute Gasteiger partial charge is 0.108 e. The lowest BCUT2D eigenvalue weighted by molar-refractivity contribution is 0.160. The molecule has 1 aromatic rings. The van der Waals surface area contributed by atoms with Crippen LogP contribution in [-0.4, -0.2) is 30.6 Å². The third kappa shape index (κ3) is 2.34. The number of hydrogen-bond donors (Lipinski definition) is 1. The van der Waals surface area contributed by atoms with Crippen LogP contribution in [0.1, 0.15) is 50.0 Å². The van der Waals surface area contributed by atoms with E-state index in [4.69, 9.17) is 4.42 Å². The topological polar surface area (TPSA) is 28.4 Å². The molecular formula is C15H24N2O. The summed E-state index contributed by atoms with van der Waals surface area (Å²) in [4.78, 5) is 2.46. The predicted octanol–water partition coefficient (Wildman–Crippen LogP) is 2.73. The van der Waals surface area contributed by atoms with Gasteiger partial charge in [-0.15, -0.1) is 0 Å². The highest BCUT2D eigenvalue weighted by Crippen LogP contribution is 2.31. The summed E-state index contributed by atoms with van der Waals surface area (Å²) in [5.74, 6) is 1.21. The van der Waals surface area contributed by atoms with Gasteiger partial charge in [0.1, 0.15) is 5.76 Å². The monoisotopic (exact) mass is 248 g/mol. The first-order valence-corrected chi connectivity index (χ1v) is 7.26. The molecular weight excluding hydrogens is 224 g/mol. The fraction of sp³-hybridized carbons (Fsp3) is 0.733. The molecule has 0 radical (unpaired) electrons. The van der Waals surface area contributed by atoms with Crippen LogP contribution >= 0.6 is 0 Å². The maximum atomic E-state index is 5.57. The van der Waals surface area contributed by atoms with Crippen molar-refractivity contribution < 1.29 is 4.42 Å². The number of aryl methyl sites for hydroxylation is 1. The van der Waals surface area contributed by atoms with Crippen LogP contribution in [0.5, 0.6) is 0 Å². The molecule has 1 aliphatic heterocycles. The van der Waals surface area contributed by atoms with Crippen molar-refractivity contribution in [3.05, 3.63) is 23.7 Å². The van der Waals surface area contributed by atoms with Crippen LogP contribution in [0.2, 0.25) is 0 Å². The van der Waals surface area contributed by atoms with Crippen LogP contribution < -0.4 is 5.32 Å². The van der Waals surface area contributed by atoms with Crippen molar-refractivity contribution in [2.45, 2.75) is 57.2 Å². The third-order valence-corrected chi connectivity index (χ3v) is 4.70. The Morgan fingerprint density at radius 2 is 2.28 bits per heavy atom. The maximum Gasteiger partial charge on any atom is 0.108 e. The van der Waals surface area contributed by atoms with Gasteiger partial charge in [-0.2, -0.15) is 0 Å². The molecule has 18 heavy (non-hydrogen) atoms. The molecule has 3 atom stereocenters. The van der Waals surface area contributed by atoms with Gasteiger partial charge in [0.25, 0.3) is 0 Å². The molecule has 0 saturated carbocycles. The van der Waals surface area contributed by atoms with Gasteiger partial charge >= 0.3 is 0 Å². The number of likely N-dealkylation sites (tertiary alicyclic amines) is 1. The molecule has 0 aromatic carbocycles. The van der Waals surface area contributed by atoms with Crippen molar-refractivity contribution >= 4 is 0 Å². The van der Waals surface area contributed by atoms with Crippen molar-refractivity contribution in [3.63, 3.8) is 0 Å². The van der Waals surface area contributed by atoms with Crippen molar-refractivity contribution in [1.29, 1.82) is 0 Å². The Hall–Kier alpha value is -0.800. The first-order chi connectivity index (χ1) is 8.74. The van der Waals surface area contributed by atoms with Crippen LogP contribution in [0.15, 0.2) is 16.7 Å². The summed E-state index contributed by atoms with van der Waals surface area (Å²) in [6.45, 7) is 3.54. The van der Waals surface area contributed by atoms with Crippen LogP contribution in [0, 0.1) is 0 Å². The summed E-state index contributed by atoms with van der Waals surface area (Å²) >= 11 is 0. The van der Waals surface area contributed by atoms with Crippen LogP contribution in [0.25, 0.3) is 0 Å². The Morgan fingerprint density at radius 3 is 3.11 bits per heavy atom. The summed E-state index contributed by atoms with van der Waals surface area (Å²) in [6, 6.07) is 4.05. The minimum Gasteiger partial charge on any atom is -0.469 e. The zero-order valence-electron chi connectivity index (χ0n) is 11.5. The second kappa shape index (κ2) is 5.06. The van der Waals surface area contributed by atoms with Gasteiger partial charge in [0.05, 0.1) is 6.26 Å². The molecule has 0 spiro atoms. The van der Waals surface area contributed by atoms with Gasteiger partial charge < -0.3 is 14.6 Å². The number of piperidine rings is 1. The minimum atomic E-state index is 0.521. The maximum absolute atomic E-state index is 5.57. The second-order valence-electron chi connectivity index (χ2n) is 5.96. The fourth-order valence-electron chi connectivity index (χ4n) is 3.38. The lowest BCUT2D eigenvalue weighted by Gasteiger charge is -2.37. The van der Waals surface area contributed by atoms with E-state index in [0.717, 1.165) is 6.42 Å². The highest BCUT2D eigenvalue weighted by atomic mass is 16.3. The largest absolute Gasteiger partial charge is 0.469 e. The average Bonchev–Trinajstić information content (AvgIpc) is 2.83. The molecule has 1 aromatic heterocycles. The lowest BCUT2D eigenvalue weighted by atomic mass is 9.91. The highest BCUT2D eigenvalue weighted by Gasteiger charge is 2.28. The molecule has 1 fully saturated rings. The number of nitrogens with one attached hydrogen (secondary N) is 1. The van der Waals surface area contributed by atoms with Crippen LogP contribution in [0.3, 0.4) is 0 Å². The van der Waals surface area contributed by atoms with E-state index in [2.05, 4.69) is 30.3 Å². The molecule has 3 rings (SSSR count). The van der Waals surface area contributed by atoms with Gasteiger partial charge in [-0.1, -0.05) is 0 Å². The number of rotatable bonds is 2. The standard InChI is InChI=1S/C15H24N2O/c1-11-10-12(6-8-17(11)2)16-14-4-3-5-15-13(14)7-9-18-15/h7,9,11-12,14,16H,3-6,8,10H2,1-2H3. The Labute approximate surface area is 110 Å². The molecule has 0 bridgehead atoms. The fourth-order valence-corrected chi connectivity index (χ4v) is 3.38. The summed E-state index contributed by atoms with van der Waals surface area (Å²) in [6.07, 6.45) is 8.00. The van der Waals surface area contributed by atoms with E-state index < -0.39 is 0 Å². The SMILES string of the molecule is CC1CC(NC2CCCc3occc32)CCN1C. The quantitative estimate of drug-likeness (QED) is 0.872. The molecule has 3 unspecified atom stereocenters. The van der Waals surface area contributed by atoms with Gasteiger partial charge in [0, 0.05) is 30.1 Å². The van der Waals surface area contributed by atoms with Crippen molar-refractivity contribution in [2.24, 2.45) is 0 Å². The van der Waals surface area contributed by atoms with Crippen molar-refractivity contribution in [3.8, 4) is 0 Å². The van der Waals surface area contributed by atoms with Gasteiger partial charge in [-0.05, 0) is 52.3 Å². The molecule has 3 heteroatoms. The first kappa shape index (κ1) is 12.2.